The normalized spacial score (nSPS) is 11.8. The number of hydrogen-bond acceptors (Lipinski definition) is 0. The lowest BCUT2D eigenvalue weighted by Gasteiger charge is -2.39. The van der Waals surface area contributed by atoms with E-state index in [4.69, 9.17) is 0 Å². The van der Waals surface area contributed by atoms with Gasteiger partial charge in [-0.15, -0.1) is 0 Å². The molecule has 0 amide bonds. The Labute approximate surface area is 234 Å². The van der Waals surface area contributed by atoms with Crippen molar-refractivity contribution in [2.75, 3.05) is 6.54 Å². The minimum Gasteiger partial charge on any atom is -0.312 e. The van der Waals surface area contributed by atoms with Gasteiger partial charge in [0.15, 0.2) is 0 Å². The Balaban J connectivity index is 1.49. The largest absolute Gasteiger partial charge is 0.312 e. The molecule has 1 heteroatoms. The minimum atomic E-state index is 1.08. The van der Waals surface area contributed by atoms with Crippen LogP contribution in [0.2, 0.25) is 0 Å². The number of rotatable bonds is 20. The van der Waals surface area contributed by atoms with Crippen LogP contribution in [0.3, 0.4) is 0 Å². The van der Waals surface area contributed by atoms with Gasteiger partial charge in [-0.1, -0.05) is 155 Å². The second-order valence-corrected chi connectivity index (χ2v) is 11.2. The average molecular weight is 511 g/mol. The van der Waals surface area contributed by atoms with Crippen LogP contribution < -0.4 is 0 Å². The molecule has 0 fully saturated rings. The molecule has 1 nitrogen and oxygen atoms in total. The zero-order valence-electron chi connectivity index (χ0n) is 24.1. The van der Waals surface area contributed by atoms with Gasteiger partial charge in [0.1, 0.15) is 19.6 Å². The van der Waals surface area contributed by atoms with Crippen LogP contribution in [0.4, 0.5) is 0 Å². The summed E-state index contributed by atoms with van der Waals surface area (Å²) in [7, 11) is 0. The van der Waals surface area contributed by atoms with Gasteiger partial charge in [-0.3, -0.25) is 0 Å². The summed E-state index contributed by atoms with van der Waals surface area (Å²) in [5.41, 5.74) is 4.34. The van der Waals surface area contributed by atoms with Crippen LogP contribution in [0.1, 0.15) is 101 Å². The van der Waals surface area contributed by atoms with Crippen molar-refractivity contribution in [3.8, 4) is 0 Å². The van der Waals surface area contributed by atoms with Crippen molar-refractivity contribution in [1.82, 2.24) is 0 Å². The van der Waals surface area contributed by atoms with Crippen LogP contribution in [0.25, 0.3) is 0 Å². The van der Waals surface area contributed by atoms with E-state index in [2.05, 4.69) is 110 Å². The van der Waals surface area contributed by atoms with Crippen LogP contribution >= 0.6 is 0 Å². The molecule has 3 aromatic carbocycles. The highest BCUT2D eigenvalue weighted by atomic mass is 15.3. The third-order valence-corrected chi connectivity index (χ3v) is 7.82. The van der Waals surface area contributed by atoms with Crippen LogP contribution in [0.5, 0.6) is 0 Å². The molecule has 204 valence electrons. The topological polar surface area (TPSA) is 0 Å². The summed E-state index contributed by atoms with van der Waals surface area (Å²) in [5.74, 6) is 0. The summed E-state index contributed by atoms with van der Waals surface area (Å²) < 4.78 is 1.09. The first-order valence-electron chi connectivity index (χ1n) is 15.4. The van der Waals surface area contributed by atoms with Gasteiger partial charge in [-0.2, -0.15) is 0 Å². The van der Waals surface area contributed by atoms with E-state index in [9.17, 15) is 0 Å². The fourth-order valence-electron chi connectivity index (χ4n) is 5.78. The minimum absolute atomic E-state index is 1.08. The predicted molar refractivity (Wildman–Crippen MR) is 166 cm³/mol. The molecule has 38 heavy (non-hydrogen) atoms. The molecular weight excluding hydrogens is 458 g/mol. The summed E-state index contributed by atoms with van der Waals surface area (Å²) in [6, 6.07) is 33.4. The smallest absolute Gasteiger partial charge is 0.105 e. The molecule has 0 unspecified atom stereocenters. The molecule has 0 aliphatic heterocycles. The Morgan fingerprint density at radius 2 is 0.789 bits per heavy atom. The van der Waals surface area contributed by atoms with Crippen molar-refractivity contribution in [3.63, 3.8) is 0 Å². The van der Waals surface area contributed by atoms with Gasteiger partial charge in [0.05, 0.1) is 6.54 Å². The Morgan fingerprint density at radius 3 is 1.16 bits per heavy atom. The monoisotopic (exact) mass is 510 g/mol. The Kier molecular flexibility index (Phi) is 14.6. The maximum Gasteiger partial charge on any atom is 0.105 e. The summed E-state index contributed by atoms with van der Waals surface area (Å²) in [6.07, 6.45) is 21.0. The number of benzene rings is 3. The zero-order chi connectivity index (χ0) is 26.6. The van der Waals surface area contributed by atoms with Gasteiger partial charge < -0.3 is 4.48 Å². The van der Waals surface area contributed by atoms with E-state index in [-0.39, 0.29) is 0 Å². The van der Waals surface area contributed by atoms with E-state index in [0.29, 0.717) is 0 Å². The zero-order valence-corrected chi connectivity index (χ0v) is 24.1. The van der Waals surface area contributed by atoms with Gasteiger partial charge in [-0.05, 0) is 32.6 Å². The molecule has 3 rings (SSSR count). The summed E-state index contributed by atoms with van der Waals surface area (Å²) in [4.78, 5) is 0. The fraction of sp³-hybridized carbons (Fsp3) is 0.459. The van der Waals surface area contributed by atoms with Crippen molar-refractivity contribution >= 4 is 0 Å². The third kappa shape index (κ3) is 12.3. The van der Waals surface area contributed by atoms with Gasteiger partial charge in [0.2, 0.25) is 0 Å². The first-order chi connectivity index (χ1) is 18.8. The lowest BCUT2D eigenvalue weighted by atomic mass is 10.0. The lowest BCUT2D eigenvalue weighted by molar-refractivity contribution is -0.966. The van der Waals surface area contributed by atoms with E-state index in [1.807, 2.05) is 0 Å². The van der Waals surface area contributed by atoms with E-state index in [1.54, 1.807) is 0 Å². The summed E-state index contributed by atoms with van der Waals surface area (Å²) in [6.45, 7) is 6.60. The molecule has 0 saturated carbocycles. The van der Waals surface area contributed by atoms with Gasteiger partial charge >= 0.3 is 0 Å². The quantitative estimate of drug-likeness (QED) is 0.0805. The molecule has 0 aliphatic rings. The van der Waals surface area contributed by atoms with Crippen LogP contribution in [0, 0.1) is 0 Å². The number of quaternary nitrogens is 1. The summed E-state index contributed by atoms with van der Waals surface area (Å²) in [5, 5.41) is 0. The Hall–Kier alpha value is -2.64. The molecule has 3 aromatic rings. The van der Waals surface area contributed by atoms with Crippen LogP contribution in [0.15, 0.2) is 103 Å². The fourth-order valence-corrected chi connectivity index (χ4v) is 5.78. The van der Waals surface area contributed by atoms with Crippen LogP contribution in [-0.2, 0) is 19.6 Å². The maximum atomic E-state index is 2.31. The first kappa shape index (κ1) is 29.9. The summed E-state index contributed by atoms with van der Waals surface area (Å²) >= 11 is 0. The number of allylic oxidation sites excluding steroid dienone is 2. The Morgan fingerprint density at radius 1 is 0.447 bits per heavy atom. The van der Waals surface area contributed by atoms with E-state index < -0.39 is 0 Å². The standard InChI is InChI=1S/C37H52N/c1-2-3-4-5-6-7-8-9-10-11-12-13-14-24-31-38(32-35-25-18-15-19-26-35,33-36-27-20-16-21-28-36)34-37-29-22-17-23-30-37/h2-3,15-23,25-30H,4-14,24,31-34H2,1H3/q+1/b3-2+. The highest BCUT2D eigenvalue weighted by Gasteiger charge is 2.28. The van der Waals surface area contributed by atoms with Crippen molar-refractivity contribution in [2.45, 2.75) is 104 Å². The highest BCUT2D eigenvalue weighted by molar-refractivity contribution is 5.17. The molecular formula is C37H52N+. The molecule has 0 atom stereocenters. The number of nitrogens with zero attached hydrogens (tertiary/aromatic N) is 1. The van der Waals surface area contributed by atoms with Crippen molar-refractivity contribution < 1.29 is 4.48 Å². The Bertz CT molecular complexity index is 876. The average Bonchev–Trinajstić information content (AvgIpc) is 2.95. The number of unbranched alkanes of at least 4 members (excludes halogenated alkanes) is 11. The van der Waals surface area contributed by atoms with E-state index >= 15 is 0 Å². The molecule has 0 radical (unpaired) electrons. The van der Waals surface area contributed by atoms with Gasteiger partial charge in [0, 0.05) is 16.7 Å². The molecule has 0 N–H and O–H groups in total. The molecule has 0 bridgehead atoms. The van der Waals surface area contributed by atoms with E-state index in [0.717, 1.165) is 24.1 Å². The second-order valence-electron chi connectivity index (χ2n) is 11.2. The van der Waals surface area contributed by atoms with Crippen molar-refractivity contribution in [1.29, 1.82) is 0 Å². The first-order valence-corrected chi connectivity index (χ1v) is 15.4. The van der Waals surface area contributed by atoms with E-state index in [1.165, 1.54) is 100 Å². The molecule has 0 aromatic heterocycles. The SMILES string of the molecule is C/C=C/CCCCCCCCCCCCC[N+](Cc1ccccc1)(Cc1ccccc1)Cc1ccccc1. The predicted octanol–water partition coefficient (Wildman–Crippen LogP) is 10.7. The molecule has 0 aliphatic carbocycles. The van der Waals surface area contributed by atoms with Crippen molar-refractivity contribution in [3.05, 3.63) is 120 Å². The lowest BCUT2D eigenvalue weighted by Crippen LogP contribution is -2.46. The van der Waals surface area contributed by atoms with Gasteiger partial charge in [0.25, 0.3) is 0 Å². The van der Waals surface area contributed by atoms with Gasteiger partial charge in [-0.25, -0.2) is 0 Å². The second kappa shape index (κ2) is 18.6. The van der Waals surface area contributed by atoms with Crippen molar-refractivity contribution in [2.24, 2.45) is 0 Å². The molecule has 0 heterocycles. The van der Waals surface area contributed by atoms with Crippen LogP contribution in [-0.4, -0.2) is 11.0 Å². The number of hydrogen-bond donors (Lipinski definition) is 0. The molecule has 0 saturated heterocycles. The molecule has 0 spiro atoms. The third-order valence-electron chi connectivity index (χ3n) is 7.82. The maximum absolute atomic E-state index is 2.31. The highest BCUT2D eigenvalue weighted by Crippen LogP contribution is 2.26.